The Morgan fingerprint density at radius 2 is 1.81 bits per heavy atom. The van der Waals surface area contributed by atoms with Crippen molar-refractivity contribution in [3.8, 4) is 11.5 Å². The Labute approximate surface area is 161 Å². The fourth-order valence-electron chi connectivity index (χ4n) is 2.68. The van der Waals surface area contributed by atoms with Gasteiger partial charge in [0.25, 0.3) is 0 Å². The minimum Gasteiger partial charge on any atom is -0.496 e. The number of benzene rings is 2. The second kappa shape index (κ2) is 9.99. The zero-order valence-electron chi connectivity index (χ0n) is 15.8. The number of anilines is 1. The second-order valence-electron chi connectivity index (χ2n) is 6.01. The molecule has 0 spiro atoms. The summed E-state index contributed by atoms with van der Waals surface area (Å²) in [7, 11) is 5.78. The molecule has 0 aliphatic carbocycles. The van der Waals surface area contributed by atoms with Crippen LogP contribution in [0, 0.1) is 0 Å². The fraction of sp³-hybridized carbons (Fsp3) is 0.350. The molecule has 0 unspecified atom stereocenters. The largest absolute Gasteiger partial charge is 0.496 e. The molecule has 0 aliphatic rings. The van der Waals surface area contributed by atoms with Crippen molar-refractivity contribution in [2.75, 3.05) is 39.7 Å². The quantitative estimate of drug-likeness (QED) is 0.688. The van der Waals surface area contributed by atoms with Crippen LogP contribution in [-0.2, 0) is 0 Å². The molecule has 2 aromatic rings. The van der Waals surface area contributed by atoms with E-state index < -0.39 is 0 Å². The lowest BCUT2D eigenvalue weighted by molar-refractivity contribution is 0.288. The van der Waals surface area contributed by atoms with Crippen molar-refractivity contribution >= 4 is 23.0 Å². The molecule has 0 heterocycles. The molecule has 2 rings (SSSR count). The molecule has 0 bridgehead atoms. The van der Waals surface area contributed by atoms with Crippen LogP contribution in [0.2, 0.25) is 0 Å². The van der Waals surface area contributed by atoms with Gasteiger partial charge in [0, 0.05) is 17.8 Å². The van der Waals surface area contributed by atoms with Gasteiger partial charge in [-0.25, -0.2) is 0 Å². The Hall–Kier alpha value is -2.31. The predicted molar refractivity (Wildman–Crippen MR) is 111 cm³/mol. The Morgan fingerprint density at radius 3 is 2.42 bits per heavy atom. The molecular weight excluding hydrogens is 346 g/mol. The molecule has 26 heavy (non-hydrogen) atoms. The van der Waals surface area contributed by atoms with E-state index in [9.17, 15) is 0 Å². The first kappa shape index (κ1) is 20.0. The summed E-state index contributed by atoms with van der Waals surface area (Å²) < 4.78 is 10.9. The van der Waals surface area contributed by atoms with E-state index in [4.69, 9.17) is 21.7 Å². The van der Waals surface area contributed by atoms with Crippen molar-refractivity contribution in [3.63, 3.8) is 0 Å². The zero-order valence-corrected chi connectivity index (χ0v) is 16.6. The first-order valence-electron chi connectivity index (χ1n) is 8.62. The molecular formula is C20H27N3O2S. The Balaban J connectivity index is 1.97. The van der Waals surface area contributed by atoms with E-state index in [0.29, 0.717) is 18.3 Å². The maximum Gasteiger partial charge on any atom is 0.170 e. The molecule has 0 fully saturated rings. The predicted octanol–water partition coefficient (Wildman–Crippen LogP) is 3.68. The number of rotatable bonds is 8. The highest BCUT2D eigenvalue weighted by Gasteiger charge is 2.18. The standard InChI is InChI=1S/C20H27N3O2S/c1-5-25-16-12-10-15(11-13-16)22-20(26)21-14-18(23(2)3)17-8-6-7-9-19(17)24-4/h6-13,18H,5,14H2,1-4H3,(H2,21,22,26)/t18-/m1/s1. The van der Waals surface area contributed by atoms with Crippen LogP contribution in [-0.4, -0.2) is 44.4 Å². The summed E-state index contributed by atoms with van der Waals surface area (Å²) in [4.78, 5) is 2.14. The number of hydrogen-bond acceptors (Lipinski definition) is 4. The van der Waals surface area contributed by atoms with Crippen LogP contribution in [0.1, 0.15) is 18.5 Å². The Morgan fingerprint density at radius 1 is 1.12 bits per heavy atom. The highest BCUT2D eigenvalue weighted by molar-refractivity contribution is 7.80. The fourth-order valence-corrected chi connectivity index (χ4v) is 2.88. The lowest BCUT2D eigenvalue weighted by atomic mass is 10.0. The number of para-hydroxylation sites is 1. The highest BCUT2D eigenvalue weighted by Crippen LogP contribution is 2.27. The molecule has 0 amide bonds. The van der Waals surface area contributed by atoms with Gasteiger partial charge in [0.1, 0.15) is 11.5 Å². The first-order chi connectivity index (χ1) is 12.5. The third kappa shape index (κ3) is 5.61. The Bertz CT molecular complexity index is 704. The molecule has 0 aliphatic heterocycles. The minimum atomic E-state index is 0.131. The summed E-state index contributed by atoms with van der Waals surface area (Å²) in [6.07, 6.45) is 0. The minimum absolute atomic E-state index is 0.131. The maximum absolute atomic E-state index is 5.50. The summed E-state index contributed by atoms with van der Waals surface area (Å²) in [6, 6.07) is 15.9. The van der Waals surface area contributed by atoms with Crippen LogP contribution < -0.4 is 20.1 Å². The first-order valence-corrected chi connectivity index (χ1v) is 9.03. The lowest BCUT2D eigenvalue weighted by Gasteiger charge is -2.27. The molecule has 0 aromatic heterocycles. The summed E-state index contributed by atoms with van der Waals surface area (Å²) >= 11 is 5.43. The van der Waals surface area contributed by atoms with E-state index in [1.54, 1.807) is 7.11 Å². The average molecular weight is 374 g/mol. The number of nitrogens with one attached hydrogen (secondary N) is 2. The van der Waals surface area contributed by atoms with E-state index in [-0.39, 0.29) is 6.04 Å². The molecule has 140 valence electrons. The van der Waals surface area contributed by atoms with Gasteiger partial charge in [-0.15, -0.1) is 0 Å². The number of thiocarbonyl (C=S) groups is 1. The lowest BCUT2D eigenvalue weighted by Crippen LogP contribution is -2.36. The normalized spacial score (nSPS) is 11.7. The number of hydrogen-bond donors (Lipinski definition) is 2. The van der Waals surface area contributed by atoms with Gasteiger partial charge in [-0.1, -0.05) is 18.2 Å². The van der Waals surface area contributed by atoms with Crippen molar-refractivity contribution in [2.45, 2.75) is 13.0 Å². The van der Waals surface area contributed by atoms with Crippen LogP contribution in [0.4, 0.5) is 5.69 Å². The molecule has 0 saturated heterocycles. The zero-order chi connectivity index (χ0) is 18.9. The van der Waals surface area contributed by atoms with Gasteiger partial charge in [-0.3, -0.25) is 0 Å². The molecule has 6 heteroatoms. The van der Waals surface area contributed by atoms with E-state index in [1.807, 2.05) is 63.5 Å². The second-order valence-corrected chi connectivity index (χ2v) is 6.42. The van der Waals surface area contributed by atoms with Crippen LogP contribution in [0.15, 0.2) is 48.5 Å². The number of methoxy groups -OCH3 is 1. The Kier molecular flexibility index (Phi) is 7.69. The van der Waals surface area contributed by atoms with Gasteiger partial charge in [0.15, 0.2) is 5.11 Å². The summed E-state index contributed by atoms with van der Waals surface area (Å²) in [5, 5.41) is 7.07. The van der Waals surface area contributed by atoms with Gasteiger partial charge in [0.2, 0.25) is 0 Å². The summed E-state index contributed by atoms with van der Waals surface area (Å²) in [5.74, 6) is 1.72. The monoisotopic (exact) mass is 373 g/mol. The van der Waals surface area contributed by atoms with E-state index in [2.05, 4.69) is 21.6 Å². The SMILES string of the molecule is CCOc1ccc(NC(=S)NC[C@H](c2ccccc2OC)N(C)C)cc1. The molecule has 2 N–H and O–H groups in total. The van der Waals surface area contributed by atoms with Crippen LogP contribution in [0.25, 0.3) is 0 Å². The molecule has 0 saturated carbocycles. The topological polar surface area (TPSA) is 45.8 Å². The molecule has 5 nitrogen and oxygen atoms in total. The summed E-state index contributed by atoms with van der Waals surface area (Å²) in [5.41, 5.74) is 2.04. The van der Waals surface area contributed by atoms with Gasteiger partial charge in [0.05, 0.1) is 19.8 Å². The maximum atomic E-state index is 5.50. The van der Waals surface area contributed by atoms with Gasteiger partial charge in [-0.2, -0.15) is 0 Å². The van der Waals surface area contributed by atoms with Crippen molar-refractivity contribution in [1.29, 1.82) is 0 Å². The average Bonchev–Trinajstić information content (AvgIpc) is 2.64. The van der Waals surface area contributed by atoms with Crippen molar-refractivity contribution in [3.05, 3.63) is 54.1 Å². The van der Waals surface area contributed by atoms with Crippen molar-refractivity contribution < 1.29 is 9.47 Å². The van der Waals surface area contributed by atoms with E-state index >= 15 is 0 Å². The molecule has 0 radical (unpaired) electrons. The summed E-state index contributed by atoms with van der Waals surface area (Å²) in [6.45, 7) is 3.28. The number of ether oxygens (including phenoxy) is 2. The van der Waals surface area contributed by atoms with E-state index in [1.165, 1.54) is 0 Å². The highest BCUT2D eigenvalue weighted by atomic mass is 32.1. The van der Waals surface area contributed by atoms with E-state index in [0.717, 1.165) is 22.7 Å². The number of likely N-dealkylation sites (N-methyl/N-ethyl adjacent to an activating group) is 1. The third-order valence-electron chi connectivity index (χ3n) is 4.00. The smallest absolute Gasteiger partial charge is 0.170 e. The van der Waals surface area contributed by atoms with Crippen molar-refractivity contribution in [2.24, 2.45) is 0 Å². The van der Waals surface area contributed by atoms with Gasteiger partial charge >= 0.3 is 0 Å². The van der Waals surface area contributed by atoms with Crippen LogP contribution >= 0.6 is 12.2 Å². The molecule has 2 aromatic carbocycles. The van der Waals surface area contributed by atoms with Crippen LogP contribution in [0.5, 0.6) is 11.5 Å². The number of nitrogens with zero attached hydrogens (tertiary/aromatic N) is 1. The molecule has 1 atom stereocenters. The van der Waals surface area contributed by atoms with Gasteiger partial charge < -0.3 is 25.0 Å². The third-order valence-corrected chi connectivity index (χ3v) is 4.25. The van der Waals surface area contributed by atoms with Crippen molar-refractivity contribution in [1.82, 2.24) is 10.2 Å². The van der Waals surface area contributed by atoms with Gasteiger partial charge in [-0.05, 0) is 63.6 Å². The van der Waals surface area contributed by atoms with Crippen LogP contribution in [0.3, 0.4) is 0 Å².